The highest BCUT2D eigenvalue weighted by atomic mass is 79.9. The lowest BCUT2D eigenvalue weighted by Crippen LogP contribution is -2.09. The molecule has 6 heteroatoms. The minimum atomic E-state index is -0.368. The molecule has 1 aromatic carbocycles. The molecule has 4 nitrogen and oxygen atoms in total. The van der Waals surface area contributed by atoms with Crippen LogP contribution in [0.15, 0.2) is 39.8 Å². The van der Waals surface area contributed by atoms with E-state index in [1.807, 2.05) is 0 Å². The smallest absolute Gasteiger partial charge is 0.244 e. The van der Waals surface area contributed by atoms with Crippen molar-refractivity contribution in [3.8, 4) is 11.4 Å². The van der Waals surface area contributed by atoms with Crippen molar-refractivity contribution >= 4 is 15.9 Å². The first-order valence-electron chi connectivity index (χ1n) is 5.27. The number of halogens is 2. The molecule has 0 amide bonds. The van der Waals surface area contributed by atoms with Gasteiger partial charge in [0.2, 0.25) is 11.7 Å². The van der Waals surface area contributed by atoms with Gasteiger partial charge in [-0.25, -0.2) is 4.39 Å². The molecule has 94 valence electrons. The second-order valence-electron chi connectivity index (χ2n) is 3.72. The summed E-state index contributed by atoms with van der Waals surface area (Å²) >= 11 is 3.10. The van der Waals surface area contributed by atoms with Crippen molar-refractivity contribution < 1.29 is 8.91 Å². The van der Waals surface area contributed by atoms with Gasteiger partial charge in [0.1, 0.15) is 5.82 Å². The molecule has 0 saturated heterocycles. The molecule has 2 rings (SSSR count). The van der Waals surface area contributed by atoms with E-state index in [4.69, 9.17) is 10.3 Å². The molecule has 0 aliphatic carbocycles. The lowest BCUT2D eigenvalue weighted by Gasteiger charge is -2.00. The Morgan fingerprint density at radius 1 is 1.56 bits per heavy atom. The molecule has 0 fully saturated rings. The van der Waals surface area contributed by atoms with Crippen LogP contribution in [0.3, 0.4) is 0 Å². The highest BCUT2D eigenvalue weighted by Gasteiger charge is 2.15. The van der Waals surface area contributed by atoms with E-state index in [9.17, 15) is 4.39 Å². The van der Waals surface area contributed by atoms with Crippen LogP contribution in [0.5, 0.6) is 0 Å². The Hall–Kier alpha value is -1.53. The number of benzene rings is 1. The van der Waals surface area contributed by atoms with Crippen LogP contribution < -0.4 is 5.73 Å². The number of nitrogens with zero attached hydrogens (tertiary/aromatic N) is 2. The van der Waals surface area contributed by atoms with Crippen LogP contribution >= 0.6 is 15.9 Å². The first-order chi connectivity index (χ1) is 8.61. The van der Waals surface area contributed by atoms with E-state index in [2.05, 4.69) is 32.6 Å². The highest BCUT2D eigenvalue weighted by molar-refractivity contribution is 9.10. The van der Waals surface area contributed by atoms with Crippen LogP contribution in [0.25, 0.3) is 11.4 Å². The molecule has 18 heavy (non-hydrogen) atoms. The van der Waals surface area contributed by atoms with Gasteiger partial charge in [0, 0.05) is 5.56 Å². The topological polar surface area (TPSA) is 64.9 Å². The third-order valence-electron chi connectivity index (χ3n) is 2.36. The number of hydrogen-bond acceptors (Lipinski definition) is 4. The number of rotatable bonds is 4. The van der Waals surface area contributed by atoms with Gasteiger partial charge in [-0.15, -0.1) is 6.58 Å². The molecule has 0 spiro atoms. The summed E-state index contributed by atoms with van der Waals surface area (Å²) in [5, 5.41) is 3.82. The molecule has 2 aromatic rings. The predicted octanol–water partition coefficient (Wildman–Crippen LogP) is 3.21. The normalized spacial score (nSPS) is 12.4. The molecule has 1 heterocycles. The Bertz CT molecular complexity index is 570. The molecule has 1 atom stereocenters. The quantitative estimate of drug-likeness (QED) is 0.880. The molecule has 2 N–H and O–H groups in total. The fourth-order valence-electron chi connectivity index (χ4n) is 1.42. The summed E-state index contributed by atoms with van der Waals surface area (Å²) in [6.07, 6.45) is 2.23. The zero-order valence-corrected chi connectivity index (χ0v) is 11.0. The van der Waals surface area contributed by atoms with Gasteiger partial charge in [-0.2, -0.15) is 4.98 Å². The zero-order valence-electron chi connectivity index (χ0n) is 9.44. The van der Waals surface area contributed by atoms with Crippen molar-refractivity contribution in [2.75, 3.05) is 0 Å². The molecule has 1 unspecified atom stereocenters. The predicted molar refractivity (Wildman–Crippen MR) is 69.1 cm³/mol. The average Bonchev–Trinajstić information content (AvgIpc) is 2.82. The van der Waals surface area contributed by atoms with Crippen LogP contribution in [0.2, 0.25) is 0 Å². The lowest BCUT2D eigenvalue weighted by molar-refractivity contribution is 0.356. The van der Waals surface area contributed by atoms with Crippen LogP contribution in [-0.4, -0.2) is 10.1 Å². The number of nitrogens with two attached hydrogens (primary N) is 1. The molecule has 0 saturated carbocycles. The minimum Gasteiger partial charge on any atom is -0.337 e. The Kier molecular flexibility index (Phi) is 3.88. The third kappa shape index (κ3) is 2.65. The van der Waals surface area contributed by atoms with Gasteiger partial charge < -0.3 is 10.3 Å². The fourth-order valence-corrected chi connectivity index (χ4v) is 1.80. The van der Waals surface area contributed by atoms with Crippen molar-refractivity contribution in [3.05, 3.63) is 47.0 Å². The number of aromatic nitrogens is 2. The molecule has 1 aromatic heterocycles. The molecule has 0 aliphatic rings. The van der Waals surface area contributed by atoms with E-state index in [1.54, 1.807) is 18.2 Å². The van der Waals surface area contributed by atoms with E-state index < -0.39 is 0 Å². The summed E-state index contributed by atoms with van der Waals surface area (Å²) in [4.78, 5) is 4.18. The van der Waals surface area contributed by atoms with Crippen molar-refractivity contribution in [2.45, 2.75) is 12.5 Å². The van der Waals surface area contributed by atoms with E-state index >= 15 is 0 Å². The summed E-state index contributed by atoms with van der Waals surface area (Å²) in [7, 11) is 0. The van der Waals surface area contributed by atoms with Crippen molar-refractivity contribution in [1.82, 2.24) is 10.1 Å². The maximum absolute atomic E-state index is 13.1. The lowest BCUT2D eigenvalue weighted by atomic mass is 10.2. The van der Waals surface area contributed by atoms with Crippen LogP contribution in [0, 0.1) is 5.82 Å². The second-order valence-corrected chi connectivity index (χ2v) is 4.57. The van der Waals surface area contributed by atoms with Crippen molar-refractivity contribution in [2.24, 2.45) is 5.73 Å². The Morgan fingerprint density at radius 2 is 2.33 bits per heavy atom. The fraction of sp³-hybridized carbons (Fsp3) is 0.167. The molecule has 0 aliphatic heterocycles. The van der Waals surface area contributed by atoms with E-state index in [1.165, 1.54) is 6.07 Å². The Balaban J connectivity index is 2.28. The Morgan fingerprint density at radius 3 is 3.00 bits per heavy atom. The average molecular weight is 312 g/mol. The minimum absolute atomic E-state index is 0.338. The third-order valence-corrected chi connectivity index (χ3v) is 2.97. The molecular formula is C12H11BrFN3O. The van der Waals surface area contributed by atoms with Crippen molar-refractivity contribution in [1.29, 1.82) is 0 Å². The van der Waals surface area contributed by atoms with Gasteiger partial charge in [0.25, 0.3) is 0 Å². The van der Waals surface area contributed by atoms with Crippen molar-refractivity contribution in [3.63, 3.8) is 0 Å². The summed E-state index contributed by atoms with van der Waals surface area (Å²) in [6, 6.07) is 4.13. The van der Waals surface area contributed by atoms with Gasteiger partial charge in [-0.3, -0.25) is 0 Å². The van der Waals surface area contributed by atoms with Gasteiger partial charge in [0.15, 0.2) is 0 Å². The summed E-state index contributed by atoms with van der Waals surface area (Å²) < 4.78 is 18.5. The standard InChI is InChI=1S/C12H11BrFN3O/c1-2-3-10(15)12-16-11(17-18-12)7-4-5-9(14)8(13)6-7/h2,4-6,10H,1,3,15H2. The summed E-state index contributed by atoms with van der Waals surface area (Å²) in [5.74, 6) is 0.376. The van der Waals surface area contributed by atoms with E-state index in [0.29, 0.717) is 28.2 Å². The molecule has 0 bridgehead atoms. The van der Waals surface area contributed by atoms with Crippen LogP contribution in [0.1, 0.15) is 18.4 Å². The van der Waals surface area contributed by atoms with Gasteiger partial charge in [-0.05, 0) is 40.5 Å². The van der Waals surface area contributed by atoms with Crippen LogP contribution in [-0.2, 0) is 0 Å². The van der Waals surface area contributed by atoms with E-state index in [0.717, 1.165) is 0 Å². The summed E-state index contributed by atoms with van der Waals surface area (Å²) in [5.41, 5.74) is 6.47. The molecule has 0 radical (unpaired) electrons. The highest BCUT2D eigenvalue weighted by Crippen LogP contribution is 2.24. The maximum Gasteiger partial charge on any atom is 0.244 e. The van der Waals surface area contributed by atoms with E-state index in [-0.39, 0.29) is 11.9 Å². The second kappa shape index (κ2) is 5.41. The first kappa shape index (κ1) is 12.9. The van der Waals surface area contributed by atoms with Gasteiger partial charge in [0.05, 0.1) is 10.5 Å². The monoisotopic (exact) mass is 311 g/mol. The van der Waals surface area contributed by atoms with Gasteiger partial charge >= 0.3 is 0 Å². The summed E-state index contributed by atoms with van der Waals surface area (Å²) in [6.45, 7) is 3.59. The first-order valence-corrected chi connectivity index (χ1v) is 6.06. The number of hydrogen-bond donors (Lipinski definition) is 1. The zero-order chi connectivity index (χ0) is 13.1. The SMILES string of the molecule is C=CCC(N)c1nc(-c2ccc(F)c(Br)c2)no1. The Labute approximate surface area is 112 Å². The largest absolute Gasteiger partial charge is 0.337 e. The maximum atomic E-state index is 13.1. The molecular weight excluding hydrogens is 301 g/mol. The van der Waals surface area contributed by atoms with Crippen LogP contribution in [0.4, 0.5) is 4.39 Å². The van der Waals surface area contributed by atoms with Gasteiger partial charge in [-0.1, -0.05) is 11.2 Å².